The second-order valence-electron chi connectivity index (χ2n) is 4.28. The van der Waals surface area contributed by atoms with E-state index in [1.54, 1.807) is 4.57 Å². The van der Waals surface area contributed by atoms with Gasteiger partial charge in [0.25, 0.3) is 0 Å². The maximum Gasteiger partial charge on any atom is 0.231 e. The Morgan fingerprint density at radius 1 is 1.28 bits per heavy atom. The highest BCUT2D eigenvalue weighted by Crippen LogP contribution is 2.09. The van der Waals surface area contributed by atoms with Gasteiger partial charge in [-0.3, -0.25) is 10.1 Å². The number of nitrogens with zero attached hydrogens (tertiary/aromatic N) is 3. The van der Waals surface area contributed by atoms with Gasteiger partial charge in [0, 0.05) is 7.05 Å². The topological polar surface area (TPSA) is 59.8 Å². The van der Waals surface area contributed by atoms with Gasteiger partial charge in [0.15, 0.2) is 0 Å². The van der Waals surface area contributed by atoms with Gasteiger partial charge >= 0.3 is 0 Å². The smallest absolute Gasteiger partial charge is 0.231 e. The van der Waals surface area contributed by atoms with Gasteiger partial charge in [0.05, 0.1) is 6.42 Å². The van der Waals surface area contributed by atoms with Crippen LogP contribution in [0.4, 0.5) is 5.95 Å². The van der Waals surface area contributed by atoms with Crippen molar-refractivity contribution in [2.75, 3.05) is 5.32 Å². The van der Waals surface area contributed by atoms with Crippen molar-refractivity contribution in [3.05, 3.63) is 41.2 Å². The van der Waals surface area contributed by atoms with Crippen LogP contribution in [0.15, 0.2) is 24.3 Å². The van der Waals surface area contributed by atoms with Crippen LogP contribution in [0.25, 0.3) is 0 Å². The molecule has 0 aliphatic heterocycles. The summed E-state index contributed by atoms with van der Waals surface area (Å²) in [5, 5.41) is 10.5. The third kappa shape index (κ3) is 2.56. The van der Waals surface area contributed by atoms with Crippen molar-refractivity contribution >= 4 is 11.9 Å². The first-order valence-electron chi connectivity index (χ1n) is 5.78. The molecule has 5 nitrogen and oxygen atoms in total. The van der Waals surface area contributed by atoms with Crippen LogP contribution in [0, 0.1) is 13.8 Å². The summed E-state index contributed by atoms with van der Waals surface area (Å²) in [5.74, 6) is 1.16. The molecule has 0 radical (unpaired) electrons. The zero-order valence-corrected chi connectivity index (χ0v) is 10.8. The quantitative estimate of drug-likeness (QED) is 0.892. The molecule has 2 rings (SSSR count). The summed E-state index contributed by atoms with van der Waals surface area (Å²) < 4.78 is 1.75. The van der Waals surface area contributed by atoms with Crippen molar-refractivity contribution in [1.29, 1.82) is 0 Å². The number of carbonyl (C=O) groups is 1. The number of carbonyl (C=O) groups excluding carboxylic acids is 1. The van der Waals surface area contributed by atoms with Crippen LogP contribution in [0.5, 0.6) is 0 Å². The van der Waals surface area contributed by atoms with E-state index in [-0.39, 0.29) is 5.91 Å². The Morgan fingerprint density at radius 3 is 2.61 bits per heavy atom. The number of amides is 1. The van der Waals surface area contributed by atoms with Crippen LogP contribution >= 0.6 is 0 Å². The first kappa shape index (κ1) is 12.3. The van der Waals surface area contributed by atoms with E-state index in [0.29, 0.717) is 12.4 Å². The molecule has 94 valence electrons. The predicted octanol–water partition coefficient (Wildman–Crippen LogP) is 1.61. The zero-order valence-electron chi connectivity index (χ0n) is 10.8. The average molecular weight is 244 g/mol. The zero-order chi connectivity index (χ0) is 13.1. The molecular weight excluding hydrogens is 228 g/mol. The molecule has 0 atom stereocenters. The largest absolute Gasteiger partial charge is 0.300 e. The number of hydrogen-bond donors (Lipinski definition) is 1. The lowest BCUT2D eigenvalue weighted by molar-refractivity contribution is -0.115. The van der Waals surface area contributed by atoms with Crippen LogP contribution in [0.3, 0.4) is 0 Å². The third-order valence-corrected chi connectivity index (χ3v) is 2.96. The van der Waals surface area contributed by atoms with Crippen LogP contribution in [0.2, 0.25) is 0 Å². The van der Waals surface area contributed by atoms with Gasteiger partial charge in [-0.2, -0.15) is 0 Å². The number of rotatable bonds is 3. The highest BCUT2D eigenvalue weighted by atomic mass is 16.1. The van der Waals surface area contributed by atoms with Crippen LogP contribution in [-0.4, -0.2) is 20.7 Å². The number of hydrogen-bond acceptors (Lipinski definition) is 3. The standard InChI is InChI=1S/C13H16N4O/c1-9-6-4-5-7-11(9)8-12(18)14-13-16-15-10(2)17(13)3/h4-7H,8H2,1-3H3,(H,14,16,18). The molecule has 1 N–H and O–H groups in total. The second kappa shape index (κ2) is 5.00. The Morgan fingerprint density at radius 2 is 2.00 bits per heavy atom. The van der Waals surface area contributed by atoms with E-state index in [1.165, 1.54) is 0 Å². The fraction of sp³-hybridized carbons (Fsp3) is 0.308. The summed E-state index contributed by atoms with van der Waals surface area (Å²) >= 11 is 0. The van der Waals surface area contributed by atoms with Gasteiger partial charge in [-0.05, 0) is 25.0 Å². The maximum atomic E-state index is 11.9. The second-order valence-corrected chi connectivity index (χ2v) is 4.28. The minimum atomic E-state index is -0.0835. The highest BCUT2D eigenvalue weighted by Gasteiger charge is 2.10. The van der Waals surface area contributed by atoms with Crippen molar-refractivity contribution in [2.45, 2.75) is 20.3 Å². The summed E-state index contributed by atoms with van der Waals surface area (Å²) in [4.78, 5) is 11.9. The fourth-order valence-corrected chi connectivity index (χ4v) is 1.67. The SMILES string of the molecule is Cc1ccccc1CC(=O)Nc1nnc(C)n1C. The number of aryl methyl sites for hydroxylation is 2. The molecule has 1 heterocycles. The summed E-state index contributed by atoms with van der Waals surface area (Å²) in [6.07, 6.45) is 0.346. The molecule has 0 saturated carbocycles. The van der Waals surface area contributed by atoms with E-state index in [0.717, 1.165) is 17.0 Å². The molecule has 1 amide bonds. The van der Waals surface area contributed by atoms with Gasteiger partial charge in [-0.25, -0.2) is 0 Å². The third-order valence-electron chi connectivity index (χ3n) is 2.96. The Balaban J connectivity index is 2.06. The minimum absolute atomic E-state index is 0.0835. The van der Waals surface area contributed by atoms with Gasteiger partial charge in [-0.15, -0.1) is 10.2 Å². The van der Waals surface area contributed by atoms with Gasteiger partial charge in [-0.1, -0.05) is 24.3 Å². The van der Waals surface area contributed by atoms with E-state index in [2.05, 4.69) is 15.5 Å². The van der Waals surface area contributed by atoms with Crippen molar-refractivity contribution in [3.63, 3.8) is 0 Å². The number of nitrogens with one attached hydrogen (secondary N) is 1. The molecule has 0 bridgehead atoms. The summed E-state index contributed by atoms with van der Waals surface area (Å²) in [5.41, 5.74) is 2.13. The Hall–Kier alpha value is -2.17. The van der Waals surface area contributed by atoms with E-state index in [9.17, 15) is 4.79 Å². The number of anilines is 1. The summed E-state index contributed by atoms with van der Waals surface area (Å²) in [7, 11) is 1.82. The van der Waals surface area contributed by atoms with Gasteiger partial charge < -0.3 is 4.57 Å². The molecule has 2 aromatic rings. The Kier molecular flexibility index (Phi) is 3.41. The Bertz CT molecular complexity index is 574. The monoisotopic (exact) mass is 244 g/mol. The lowest BCUT2D eigenvalue weighted by atomic mass is 10.1. The maximum absolute atomic E-state index is 11.9. The lowest BCUT2D eigenvalue weighted by Gasteiger charge is -2.06. The van der Waals surface area contributed by atoms with Crippen LogP contribution in [0.1, 0.15) is 17.0 Å². The van der Waals surface area contributed by atoms with Crippen LogP contribution < -0.4 is 5.32 Å². The average Bonchev–Trinajstić information content (AvgIpc) is 2.64. The van der Waals surface area contributed by atoms with Crippen molar-refractivity contribution in [2.24, 2.45) is 7.05 Å². The number of benzene rings is 1. The molecule has 0 aliphatic rings. The molecule has 0 saturated heterocycles. The first-order valence-corrected chi connectivity index (χ1v) is 5.78. The summed E-state index contributed by atoms with van der Waals surface area (Å²) in [6.45, 7) is 3.83. The molecule has 1 aromatic carbocycles. The number of aromatic nitrogens is 3. The van der Waals surface area contributed by atoms with E-state index < -0.39 is 0 Å². The fourth-order valence-electron chi connectivity index (χ4n) is 1.67. The highest BCUT2D eigenvalue weighted by molar-refractivity contribution is 5.90. The normalized spacial score (nSPS) is 10.4. The van der Waals surface area contributed by atoms with Gasteiger partial charge in [0.2, 0.25) is 11.9 Å². The van der Waals surface area contributed by atoms with E-state index >= 15 is 0 Å². The van der Waals surface area contributed by atoms with Crippen molar-refractivity contribution in [3.8, 4) is 0 Å². The predicted molar refractivity (Wildman–Crippen MR) is 69.3 cm³/mol. The molecule has 18 heavy (non-hydrogen) atoms. The van der Waals surface area contributed by atoms with Crippen molar-refractivity contribution in [1.82, 2.24) is 14.8 Å². The molecule has 5 heteroatoms. The molecule has 0 spiro atoms. The minimum Gasteiger partial charge on any atom is -0.300 e. The Labute approximate surface area is 106 Å². The summed E-state index contributed by atoms with van der Waals surface area (Å²) in [6, 6.07) is 7.84. The molecule has 0 fully saturated rings. The lowest BCUT2D eigenvalue weighted by Crippen LogP contribution is -2.17. The van der Waals surface area contributed by atoms with E-state index in [4.69, 9.17) is 0 Å². The molecule has 0 aliphatic carbocycles. The van der Waals surface area contributed by atoms with E-state index in [1.807, 2.05) is 45.2 Å². The van der Waals surface area contributed by atoms with Crippen molar-refractivity contribution < 1.29 is 4.79 Å². The molecule has 1 aromatic heterocycles. The van der Waals surface area contributed by atoms with Gasteiger partial charge in [0.1, 0.15) is 5.82 Å². The molecule has 0 unspecified atom stereocenters. The first-order chi connectivity index (χ1) is 8.58. The molecular formula is C13H16N4O. The van der Waals surface area contributed by atoms with Crippen LogP contribution in [-0.2, 0) is 18.3 Å².